The normalized spacial score (nSPS) is 9.89. The van der Waals surface area contributed by atoms with Crippen LogP contribution in [0.3, 0.4) is 0 Å². The Labute approximate surface area is 225 Å². The molecule has 0 spiro atoms. The zero-order chi connectivity index (χ0) is 26.0. The summed E-state index contributed by atoms with van der Waals surface area (Å²) in [6.45, 7) is 0. The van der Waals surface area contributed by atoms with Crippen LogP contribution in [0.15, 0.2) is 97.1 Å². The van der Waals surface area contributed by atoms with Crippen LogP contribution in [0.1, 0.15) is 11.1 Å². The van der Waals surface area contributed by atoms with Crippen molar-refractivity contribution in [3.05, 3.63) is 108 Å². The first kappa shape index (κ1) is 28.1. The van der Waals surface area contributed by atoms with Crippen LogP contribution in [0.4, 0.5) is 0 Å². The van der Waals surface area contributed by atoms with Gasteiger partial charge in [-0.1, -0.05) is 0 Å². The molecule has 0 saturated carbocycles. The summed E-state index contributed by atoms with van der Waals surface area (Å²) in [5.74, 6) is 0.214. The number of phenols is 2. The fraction of sp³-hybridized carbons (Fsp3) is 0.0714. The molecule has 0 aliphatic rings. The molecule has 3 N–H and O–H groups in total. The summed E-state index contributed by atoms with van der Waals surface area (Å²) in [4.78, 5) is 24.4. The van der Waals surface area contributed by atoms with Gasteiger partial charge in [0, 0.05) is 0 Å². The van der Waals surface area contributed by atoms with E-state index in [4.69, 9.17) is 17.1 Å². The Hall–Kier alpha value is -4.49. The van der Waals surface area contributed by atoms with E-state index in [1.54, 1.807) is 72.8 Å². The van der Waals surface area contributed by atoms with E-state index in [0.29, 0.717) is 22.6 Å². The fourth-order valence-electron chi connectivity index (χ4n) is 3.28. The van der Waals surface area contributed by atoms with E-state index in [9.17, 15) is 19.8 Å². The first-order chi connectivity index (χ1) is 18.0. The standard InChI is InChI=1S/2C14H12O4.Al.H2O/c2*15-12-7-6-10(9-14(16)17)8-13(12)18-11-4-2-1-3-5-11;;/h2*1-8,15H,9H2,(H,16,17);;1H2/q;;+3;/p-3. The molecule has 0 unspecified atom stereocenters. The van der Waals surface area contributed by atoms with Crippen LogP contribution in [0.2, 0.25) is 0 Å². The Bertz CT molecular complexity index is 1260. The molecule has 0 fully saturated rings. The summed E-state index contributed by atoms with van der Waals surface area (Å²) in [7, 11) is 0. The van der Waals surface area contributed by atoms with Gasteiger partial charge >= 0.3 is 220 Å². The molecule has 0 atom stereocenters. The number of benzene rings is 4. The maximum absolute atomic E-state index is 12.2. The molecule has 0 aliphatic heterocycles. The Balaban J connectivity index is 0.00000400. The van der Waals surface area contributed by atoms with E-state index in [-0.39, 0.29) is 41.3 Å². The van der Waals surface area contributed by atoms with Crippen LogP contribution in [0.25, 0.3) is 0 Å². The number of rotatable bonds is 10. The topological polar surface area (TPSA) is 142 Å². The maximum Gasteiger partial charge on any atom is -0.870 e. The molecule has 0 amide bonds. The number of carbonyl (C=O) groups excluding carboxylic acids is 2. The third-order valence-electron chi connectivity index (χ3n) is 5.05. The van der Waals surface area contributed by atoms with Gasteiger partial charge in [-0.25, -0.2) is 0 Å². The molecule has 0 radical (unpaired) electrons. The van der Waals surface area contributed by atoms with Gasteiger partial charge in [-0.3, -0.25) is 0 Å². The predicted molar refractivity (Wildman–Crippen MR) is 137 cm³/mol. The number of hydrogen-bond donors (Lipinski definition) is 2. The SMILES string of the molecule is O=C(Cc1ccc(O)c(Oc2ccccc2)c1)[O][Al+][O]C(=O)Cc1ccc(O)c(Oc2ccccc2)c1.[OH-]. The number of hydrogen-bond acceptors (Lipinski definition) is 9. The molecule has 0 saturated heterocycles. The van der Waals surface area contributed by atoms with Gasteiger partial charge in [-0.2, -0.15) is 0 Å². The van der Waals surface area contributed by atoms with E-state index >= 15 is 0 Å². The largest absolute Gasteiger partial charge is 0.870 e. The maximum atomic E-state index is 12.2. The Kier molecular flexibility index (Phi) is 10.1. The molecule has 10 heteroatoms. The first-order valence-electron chi connectivity index (χ1n) is 11.3. The molecular formula is C28H23AlO9. The average molecular weight is 530 g/mol. The molecule has 4 aromatic rings. The predicted octanol–water partition coefficient (Wildman–Crippen LogP) is 4.91. The third kappa shape index (κ3) is 8.28. The summed E-state index contributed by atoms with van der Waals surface area (Å²) >= 11 is -1.36. The van der Waals surface area contributed by atoms with Crippen LogP contribution < -0.4 is 9.47 Å². The van der Waals surface area contributed by atoms with Crippen LogP contribution in [0, 0.1) is 0 Å². The van der Waals surface area contributed by atoms with Gasteiger partial charge in [-0.05, 0) is 0 Å². The zero-order valence-corrected chi connectivity index (χ0v) is 21.2. The van der Waals surface area contributed by atoms with Crippen LogP contribution in [-0.2, 0) is 30.0 Å². The van der Waals surface area contributed by atoms with Gasteiger partial charge in [-0.15, -0.1) is 0 Å². The Morgan fingerprint density at radius 2 is 1.00 bits per heavy atom. The molecule has 4 aromatic carbocycles. The second-order valence-corrected chi connectivity index (χ2v) is 8.53. The fourth-order valence-corrected chi connectivity index (χ4v) is 3.71. The quantitative estimate of drug-likeness (QED) is 0.274. The molecule has 9 nitrogen and oxygen atoms in total. The van der Waals surface area contributed by atoms with Gasteiger partial charge in [0.05, 0.1) is 0 Å². The number of carbonyl (C=O) groups is 2. The second kappa shape index (κ2) is 13.7. The van der Waals surface area contributed by atoms with Crippen molar-refractivity contribution < 1.29 is 42.3 Å². The van der Waals surface area contributed by atoms with Crippen LogP contribution >= 0.6 is 0 Å². The third-order valence-corrected chi connectivity index (χ3v) is 5.76. The van der Waals surface area contributed by atoms with E-state index in [1.165, 1.54) is 12.1 Å². The molecule has 0 aliphatic carbocycles. The van der Waals surface area contributed by atoms with Crippen molar-refractivity contribution in [1.29, 1.82) is 0 Å². The van der Waals surface area contributed by atoms with Gasteiger partial charge in [0.25, 0.3) is 0 Å². The van der Waals surface area contributed by atoms with Crippen LogP contribution in [-0.4, -0.2) is 43.5 Å². The second-order valence-electron chi connectivity index (χ2n) is 7.86. The minimum Gasteiger partial charge on any atom is -0.870 e. The molecule has 0 heterocycles. The molecular weight excluding hydrogens is 507 g/mol. The van der Waals surface area contributed by atoms with Crippen molar-refractivity contribution in [1.82, 2.24) is 0 Å². The smallest absolute Gasteiger partial charge is 0.870 e. The number of phenolic OH excluding ortho intramolecular Hbond substituents is 2. The van der Waals surface area contributed by atoms with E-state index in [2.05, 4.69) is 0 Å². The van der Waals surface area contributed by atoms with Gasteiger partial charge in [0.15, 0.2) is 0 Å². The van der Waals surface area contributed by atoms with E-state index in [0.717, 1.165) is 0 Å². The van der Waals surface area contributed by atoms with E-state index in [1.807, 2.05) is 12.1 Å². The van der Waals surface area contributed by atoms with Gasteiger partial charge < -0.3 is 5.48 Å². The van der Waals surface area contributed by atoms with Crippen molar-refractivity contribution in [2.45, 2.75) is 12.8 Å². The molecule has 0 aromatic heterocycles. The molecule has 4 rings (SSSR count). The summed E-state index contributed by atoms with van der Waals surface area (Å²) in [6.07, 6.45) is -0.178. The molecule has 0 bridgehead atoms. The summed E-state index contributed by atoms with van der Waals surface area (Å²) in [5, 5.41) is 20.1. The van der Waals surface area contributed by atoms with Gasteiger partial charge in [0.1, 0.15) is 0 Å². The molecule has 192 valence electrons. The first-order valence-corrected chi connectivity index (χ1v) is 12.2. The van der Waals surface area contributed by atoms with Crippen molar-refractivity contribution in [3.8, 4) is 34.5 Å². The summed E-state index contributed by atoms with van der Waals surface area (Å²) in [5.41, 5.74) is 1.13. The monoisotopic (exact) mass is 530 g/mol. The number of aromatic hydroxyl groups is 2. The minimum atomic E-state index is -1.36. The molecule has 38 heavy (non-hydrogen) atoms. The van der Waals surface area contributed by atoms with Crippen molar-refractivity contribution in [2.75, 3.05) is 0 Å². The number of ether oxygens (including phenoxy) is 2. The van der Waals surface area contributed by atoms with Gasteiger partial charge in [0.2, 0.25) is 0 Å². The summed E-state index contributed by atoms with van der Waals surface area (Å²) < 4.78 is 21.5. The summed E-state index contributed by atoms with van der Waals surface area (Å²) in [6, 6.07) is 27.0. The van der Waals surface area contributed by atoms with Crippen molar-refractivity contribution in [2.24, 2.45) is 0 Å². The average Bonchev–Trinajstić information content (AvgIpc) is 2.89. The van der Waals surface area contributed by atoms with E-state index < -0.39 is 27.8 Å². The zero-order valence-electron chi connectivity index (χ0n) is 20.0. The Morgan fingerprint density at radius 3 is 1.39 bits per heavy atom. The van der Waals surface area contributed by atoms with Crippen molar-refractivity contribution in [3.63, 3.8) is 0 Å². The number of para-hydroxylation sites is 2. The van der Waals surface area contributed by atoms with Crippen LogP contribution in [0.5, 0.6) is 34.5 Å². The Morgan fingerprint density at radius 1 is 0.605 bits per heavy atom. The van der Waals surface area contributed by atoms with Crippen molar-refractivity contribution >= 4 is 27.8 Å². The minimum absolute atomic E-state index is 0.